The van der Waals surface area contributed by atoms with Crippen LogP contribution in [0.1, 0.15) is 33.6 Å². The molecule has 1 aromatic carbocycles. The molecular formula is C15H24N2O. The van der Waals surface area contributed by atoms with E-state index in [-0.39, 0.29) is 6.04 Å². The highest BCUT2D eigenvalue weighted by molar-refractivity contribution is 5.58. The van der Waals surface area contributed by atoms with Crippen molar-refractivity contribution in [2.45, 2.75) is 45.3 Å². The summed E-state index contributed by atoms with van der Waals surface area (Å²) in [4.78, 5) is 2.42. The predicted molar refractivity (Wildman–Crippen MR) is 77.3 cm³/mol. The summed E-state index contributed by atoms with van der Waals surface area (Å²) in [6, 6.07) is 8.49. The minimum Gasteiger partial charge on any atom is -0.388 e. The van der Waals surface area contributed by atoms with Crippen molar-refractivity contribution in [3.05, 3.63) is 24.3 Å². The monoisotopic (exact) mass is 248 g/mol. The predicted octanol–water partition coefficient (Wildman–Crippen LogP) is 2.86. The zero-order valence-electron chi connectivity index (χ0n) is 11.6. The highest BCUT2D eigenvalue weighted by atomic mass is 16.3. The third-order valence-corrected chi connectivity index (χ3v) is 3.76. The molecule has 0 radical (unpaired) electrons. The first-order valence-corrected chi connectivity index (χ1v) is 6.81. The van der Waals surface area contributed by atoms with Crippen LogP contribution in [0.25, 0.3) is 0 Å². The second-order valence-electron chi connectivity index (χ2n) is 5.76. The topological polar surface area (TPSA) is 35.5 Å². The van der Waals surface area contributed by atoms with Gasteiger partial charge in [0, 0.05) is 24.5 Å². The van der Waals surface area contributed by atoms with Gasteiger partial charge in [-0.1, -0.05) is 6.07 Å². The largest absolute Gasteiger partial charge is 0.388 e. The summed E-state index contributed by atoms with van der Waals surface area (Å²) in [5.74, 6) is 0. The Hall–Kier alpha value is -1.22. The molecule has 1 heterocycles. The first kappa shape index (κ1) is 13.2. The van der Waals surface area contributed by atoms with Crippen LogP contribution in [-0.4, -0.2) is 29.8 Å². The van der Waals surface area contributed by atoms with Gasteiger partial charge in [-0.25, -0.2) is 0 Å². The van der Waals surface area contributed by atoms with Crippen molar-refractivity contribution in [2.24, 2.45) is 0 Å². The summed E-state index contributed by atoms with van der Waals surface area (Å²) >= 11 is 0. The summed E-state index contributed by atoms with van der Waals surface area (Å²) < 4.78 is 0. The third-order valence-electron chi connectivity index (χ3n) is 3.76. The van der Waals surface area contributed by atoms with E-state index in [0.717, 1.165) is 18.8 Å². The van der Waals surface area contributed by atoms with Crippen molar-refractivity contribution in [3.63, 3.8) is 0 Å². The first-order valence-electron chi connectivity index (χ1n) is 6.81. The maximum absolute atomic E-state index is 9.96. The highest BCUT2D eigenvalue weighted by Gasteiger charge is 2.22. The molecule has 0 aromatic heterocycles. The zero-order valence-corrected chi connectivity index (χ0v) is 11.6. The number of rotatable bonds is 4. The Morgan fingerprint density at radius 3 is 2.56 bits per heavy atom. The normalized spacial score (nSPS) is 17.9. The van der Waals surface area contributed by atoms with Crippen molar-refractivity contribution < 1.29 is 5.11 Å². The molecule has 3 heteroatoms. The summed E-state index contributed by atoms with van der Waals surface area (Å²) in [7, 11) is 0. The van der Waals surface area contributed by atoms with Crippen molar-refractivity contribution in [2.75, 3.05) is 23.3 Å². The molecule has 0 spiro atoms. The molecule has 1 unspecified atom stereocenters. The summed E-state index contributed by atoms with van der Waals surface area (Å²) in [6.45, 7) is 7.97. The molecule has 2 N–H and O–H groups in total. The molecule has 1 saturated heterocycles. The Labute approximate surface area is 110 Å². The molecule has 1 fully saturated rings. The lowest BCUT2D eigenvalue weighted by molar-refractivity contribution is 0.0649. The van der Waals surface area contributed by atoms with Crippen molar-refractivity contribution in [1.82, 2.24) is 0 Å². The van der Waals surface area contributed by atoms with Crippen LogP contribution in [0.4, 0.5) is 11.4 Å². The number of aliphatic hydroxyl groups is 1. The van der Waals surface area contributed by atoms with Crippen LogP contribution in [0, 0.1) is 0 Å². The quantitative estimate of drug-likeness (QED) is 0.860. The fourth-order valence-electron chi connectivity index (χ4n) is 2.19. The molecule has 0 saturated carbocycles. The Morgan fingerprint density at radius 2 is 1.94 bits per heavy atom. The molecular weight excluding hydrogens is 224 g/mol. The average molecular weight is 248 g/mol. The van der Waals surface area contributed by atoms with E-state index >= 15 is 0 Å². The van der Waals surface area contributed by atoms with Crippen molar-refractivity contribution >= 4 is 11.4 Å². The molecule has 0 amide bonds. The van der Waals surface area contributed by atoms with Gasteiger partial charge >= 0.3 is 0 Å². The van der Waals surface area contributed by atoms with Gasteiger partial charge in [-0.05, 0) is 51.8 Å². The fraction of sp³-hybridized carbons (Fsp3) is 0.600. The fourth-order valence-corrected chi connectivity index (χ4v) is 2.19. The van der Waals surface area contributed by atoms with Crippen LogP contribution >= 0.6 is 0 Å². The third kappa shape index (κ3) is 3.16. The van der Waals surface area contributed by atoms with Gasteiger partial charge < -0.3 is 15.3 Å². The van der Waals surface area contributed by atoms with E-state index in [2.05, 4.69) is 34.5 Å². The number of nitrogens with one attached hydrogen (secondary N) is 1. The molecule has 3 nitrogen and oxygen atoms in total. The van der Waals surface area contributed by atoms with Crippen LogP contribution in [0.15, 0.2) is 24.3 Å². The van der Waals surface area contributed by atoms with Gasteiger partial charge in [0.1, 0.15) is 0 Å². The highest BCUT2D eigenvalue weighted by Crippen LogP contribution is 2.24. The second kappa shape index (κ2) is 5.19. The standard InChI is InChI=1S/C15H24N2O/c1-12(15(2,3)18)16-13-7-6-8-14(11-13)17-9-4-5-10-17/h6-8,11-12,16,18H,4-5,9-10H2,1-3H3. The van der Waals surface area contributed by atoms with E-state index in [1.54, 1.807) is 0 Å². The molecule has 0 aliphatic carbocycles. The van der Waals surface area contributed by atoms with Crippen LogP contribution < -0.4 is 10.2 Å². The van der Waals surface area contributed by atoms with E-state index in [1.807, 2.05) is 20.8 Å². The zero-order chi connectivity index (χ0) is 13.2. The second-order valence-corrected chi connectivity index (χ2v) is 5.76. The first-order chi connectivity index (χ1) is 8.47. The summed E-state index contributed by atoms with van der Waals surface area (Å²) in [5, 5.41) is 13.3. The average Bonchev–Trinajstić information content (AvgIpc) is 2.81. The number of benzene rings is 1. The maximum Gasteiger partial charge on any atom is 0.0789 e. The Bertz CT molecular complexity index is 392. The number of hydrogen-bond donors (Lipinski definition) is 2. The van der Waals surface area contributed by atoms with Gasteiger partial charge in [0.15, 0.2) is 0 Å². The lowest BCUT2D eigenvalue weighted by atomic mass is 10.0. The molecule has 18 heavy (non-hydrogen) atoms. The van der Waals surface area contributed by atoms with Crippen LogP contribution in [-0.2, 0) is 0 Å². The van der Waals surface area contributed by atoms with Crippen molar-refractivity contribution in [1.29, 1.82) is 0 Å². The molecule has 1 atom stereocenters. The van der Waals surface area contributed by atoms with Gasteiger partial charge in [0.25, 0.3) is 0 Å². The van der Waals surface area contributed by atoms with Crippen LogP contribution in [0.5, 0.6) is 0 Å². The van der Waals surface area contributed by atoms with Gasteiger partial charge in [0.2, 0.25) is 0 Å². The Kier molecular flexibility index (Phi) is 3.81. The number of hydrogen-bond acceptors (Lipinski definition) is 3. The molecule has 100 valence electrons. The molecule has 2 rings (SSSR count). The van der Waals surface area contributed by atoms with E-state index in [4.69, 9.17) is 0 Å². The van der Waals surface area contributed by atoms with Gasteiger partial charge in [-0.2, -0.15) is 0 Å². The minimum atomic E-state index is -0.719. The van der Waals surface area contributed by atoms with Crippen LogP contribution in [0.3, 0.4) is 0 Å². The number of anilines is 2. The van der Waals surface area contributed by atoms with E-state index < -0.39 is 5.60 Å². The maximum atomic E-state index is 9.96. The van der Waals surface area contributed by atoms with Gasteiger partial charge in [-0.3, -0.25) is 0 Å². The summed E-state index contributed by atoms with van der Waals surface area (Å²) in [6.07, 6.45) is 2.58. The smallest absolute Gasteiger partial charge is 0.0789 e. The van der Waals surface area contributed by atoms with Gasteiger partial charge in [0.05, 0.1) is 11.6 Å². The molecule has 1 aromatic rings. The Balaban J connectivity index is 2.07. The number of nitrogens with zero attached hydrogens (tertiary/aromatic N) is 1. The SMILES string of the molecule is CC(Nc1cccc(N2CCCC2)c1)C(C)(C)O. The molecule has 1 aliphatic heterocycles. The summed E-state index contributed by atoms with van der Waals surface area (Å²) in [5.41, 5.74) is 1.64. The van der Waals surface area contributed by atoms with Crippen LogP contribution in [0.2, 0.25) is 0 Å². The van der Waals surface area contributed by atoms with E-state index in [0.29, 0.717) is 0 Å². The molecule has 1 aliphatic rings. The minimum absolute atomic E-state index is 0.0197. The van der Waals surface area contributed by atoms with E-state index in [1.165, 1.54) is 18.5 Å². The lowest BCUT2D eigenvalue weighted by Crippen LogP contribution is -2.39. The Morgan fingerprint density at radius 1 is 1.28 bits per heavy atom. The van der Waals surface area contributed by atoms with Gasteiger partial charge in [-0.15, -0.1) is 0 Å². The van der Waals surface area contributed by atoms with Crippen molar-refractivity contribution in [3.8, 4) is 0 Å². The molecule has 0 bridgehead atoms. The van der Waals surface area contributed by atoms with E-state index in [9.17, 15) is 5.11 Å². The lowest BCUT2D eigenvalue weighted by Gasteiger charge is -2.28.